The van der Waals surface area contributed by atoms with Gasteiger partial charge in [-0.1, -0.05) is 0 Å². The standard InChI is InChI=1S/C15H19N3O4S/c1-9-13(4-3-7-16-9)17-23(21,22)10-5-6-11-12(8-10)15(20)18(2)14(11)19/h5-6,8-9,13,16-17H,3-4,7H2,1-2H3. The molecule has 0 aliphatic carbocycles. The summed E-state index contributed by atoms with van der Waals surface area (Å²) in [6.07, 6.45) is 1.66. The van der Waals surface area contributed by atoms with Gasteiger partial charge in [0.1, 0.15) is 0 Å². The van der Waals surface area contributed by atoms with Crippen LogP contribution in [-0.4, -0.2) is 50.8 Å². The highest BCUT2D eigenvalue weighted by molar-refractivity contribution is 7.89. The maximum Gasteiger partial charge on any atom is 0.261 e. The molecule has 1 saturated heterocycles. The summed E-state index contributed by atoms with van der Waals surface area (Å²) in [6.45, 7) is 2.81. The van der Waals surface area contributed by atoms with Gasteiger partial charge in [-0.2, -0.15) is 0 Å². The van der Waals surface area contributed by atoms with Crippen LogP contribution in [0.15, 0.2) is 23.1 Å². The van der Waals surface area contributed by atoms with Crippen LogP contribution in [-0.2, 0) is 10.0 Å². The van der Waals surface area contributed by atoms with E-state index in [1.807, 2.05) is 6.92 Å². The summed E-state index contributed by atoms with van der Waals surface area (Å²) in [4.78, 5) is 24.9. The molecule has 0 bridgehead atoms. The molecule has 2 heterocycles. The van der Waals surface area contributed by atoms with Crippen molar-refractivity contribution < 1.29 is 18.0 Å². The first-order valence-corrected chi connectivity index (χ1v) is 9.02. The first kappa shape index (κ1) is 16.1. The highest BCUT2D eigenvalue weighted by atomic mass is 32.2. The van der Waals surface area contributed by atoms with E-state index in [1.165, 1.54) is 25.2 Å². The molecule has 1 aromatic carbocycles. The Morgan fingerprint density at radius 3 is 2.61 bits per heavy atom. The van der Waals surface area contributed by atoms with Crippen LogP contribution in [0.3, 0.4) is 0 Å². The van der Waals surface area contributed by atoms with Gasteiger partial charge in [0.25, 0.3) is 11.8 Å². The van der Waals surface area contributed by atoms with Crippen LogP contribution in [0, 0.1) is 0 Å². The second-order valence-corrected chi connectivity index (χ2v) is 7.70. The largest absolute Gasteiger partial charge is 0.313 e. The molecule has 2 atom stereocenters. The maximum absolute atomic E-state index is 12.6. The zero-order valence-electron chi connectivity index (χ0n) is 13.0. The van der Waals surface area contributed by atoms with E-state index >= 15 is 0 Å². The predicted molar refractivity (Wildman–Crippen MR) is 83.7 cm³/mol. The SMILES string of the molecule is CC1NCCCC1NS(=O)(=O)c1ccc2c(c1)C(=O)N(C)C2=O. The Morgan fingerprint density at radius 2 is 1.91 bits per heavy atom. The van der Waals surface area contributed by atoms with Crippen LogP contribution in [0.25, 0.3) is 0 Å². The second-order valence-electron chi connectivity index (χ2n) is 5.99. The van der Waals surface area contributed by atoms with Crippen molar-refractivity contribution in [3.63, 3.8) is 0 Å². The van der Waals surface area contributed by atoms with Crippen LogP contribution in [0.4, 0.5) is 0 Å². The van der Waals surface area contributed by atoms with Crippen LogP contribution in [0.5, 0.6) is 0 Å². The fourth-order valence-corrected chi connectivity index (χ4v) is 4.36. The van der Waals surface area contributed by atoms with Crippen LogP contribution < -0.4 is 10.0 Å². The maximum atomic E-state index is 12.6. The summed E-state index contributed by atoms with van der Waals surface area (Å²) < 4.78 is 27.8. The molecule has 1 aromatic rings. The molecule has 8 heteroatoms. The second kappa shape index (κ2) is 5.70. The highest BCUT2D eigenvalue weighted by Gasteiger charge is 2.34. The van der Waals surface area contributed by atoms with E-state index in [0.29, 0.717) is 0 Å². The van der Waals surface area contributed by atoms with Gasteiger partial charge in [-0.15, -0.1) is 0 Å². The minimum absolute atomic E-state index is 0.00507. The average molecular weight is 337 g/mol. The number of imide groups is 1. The number of nitrogens with one attached hydrogen (secondary N) is 2. The lowest BCUT2D eigenvalue weighted by Gasteiger charge is -2.30. The van der Waals surface area contributed by atoms with E-state index in [9.17, 15) is 18.0 Å². The molecule has 124 valence electrons. The molecular formula is C15H19N3O4S. The normalized spacial score (nSPS) is 24.9. The molecule has 2 amide bonds. The monoisotopic (exact) mass is 337 g/mol. The van der Waals surface area contributed by atoms with Crippen molar-refractivity contribution in [3.05, 3.63) is 29.3 Å². The van der Waals surface area contributed by atoms with Crippen LogP contribution in [0.1, 0.15) is 40.5 Å². The van der Waals surface area contributed by atoms with Crippen molar-refractivity contribution in [2.75, 3.05) is 13.6 Å². The summed E-state index contributed by atoms with van der Waals surface area (Å²) in [5.74, 6) is -0.887. The number of carbonyl (C=O) groups is 2. The van der Waals surface area contributed by atoms with Gasteiger partial charge >= 0.3 is 0 Å². The molecule has 0 spiro atoms. The third kappa shape index (κ3) is 2.77. The Hall–Kier alpha value is -1.77. The Bertz CT molecular complexity index is 775. The minimum Gasteiger partial charge on any atom is -0.313 e. The molecule has 2 N–H and O–H groups in total. The van der Waals surface area contributed by atoms with Gasteiger partial charge in [-0.25, -0.2) is 13.1 Å². The number of piperidine rings is 1. The molecule has 0 aromatic heterocycles. The number of carbonyl (C=O) groups excluding carboxylic acids is 2. The number of benzene rings is 1. The van der Waals surface area contributed by atoms with E-state index < -0.39 is 21.8 Å². The molecular weight excluding hydrogens is 318 g/mol. The zero-order chi connectivity index (χ0) is 16.8. The van der Waals surface area contributed by atoms with E-state index in [0.717, 1.165) is 24.3 Å². The van der Waals surface area contributed by atoms with Gasteiger partial charge in [-0.3, -0.25) is 14.5 Å². The Balaban J connectivity index is 1.90. The quantitative estimate of drug-likeness (QED) is 0.775. The number of fused-ring (bicyclic) bond motifs is 1. The van der Waals surface area contributed by atoms with Gasteiger partial charge in [0.2, 0.25) is 10.0 Å². The lowest BCUT2D eigenvalue weighted by atomic mass is 10.0. The number of amides is 2. The molecule has 2 aliphatic rings. The van der Waals surface area contributed by atoms with Gasteiger partial charge in [0, 0.05) is 19.1 Å². The zero-order valence-corrected chi connectivity index (χ0v) is 13.8. The van der Waals surface area contributed by atoms with Gasteiger partial charge in [0.15, 0.2) is 0 Å². The fraction of sp³-hybridized carbons (Fsp3) is 0.467. The topological polar surface area (TPSA) is 95.6 Å². The third-order valence-corrected chi connectivity index (χ3v) is 5.93. The lowest BCUT2D eigenvalue weighted by molar-refractivity contribution is 0.0693. The molecule has 2 aliphatic heterocycles. The summed E-state index contributed by atoms with van der Waals surface area (Å²) in [5, 5.41) is 3.23. The molecule has 2 unspecified atom stereocenters. The van der Waals surface area contributed by atoms with Crippen molar-refractivity contribution in [3.8, 4) is 0 Å². The summed E-state index contributed by atoms with van der Waals surface area (Å²) >= 11 is 0. The summed E-state index contributed by atoms with van der Waals surface area (Å²) in [7, 11) is -2.36. The van der Waals surface area contributed by atoms with Crippen molar-refractivity contribution in [2.24, 2.45) is 0 Å². The summed E-state index contributed by atoms with van der Waals surface area (Å²) in [5.41, 5.74) is 0.374. The Morgan fingerprint density at radius 1 is 1.22 bits per heavy atom. The van der Waals surface area contributed by atoms with Gasteiger partial charge in [0.05, 0.1) is 16.0 Å². The van der Waals surface area contributed by atoms with Crippen LogP contribution in [0.2, 0.25) is 0 Å². The van der Waals surface area contributed by atoms with E-state index in [1.54, 1.807) is 0 Å². The molecule has 1 fully saturated rings. The number of sulfonamides is 1. The molecule has 0 saturated carbocycles. The smallest absolute Gasteiger partial charge is 0.261 e. The molecule has 7 nitrogen and oxygen atoms in total. The van der Waals surface area contributed by atoms with Gasteiger partial charge < -0.3 is 5.32 Å². The molecule has 3 rings (SSSR count). The number of hydrogen-bond donors (Lipinski definition) is 2. The van der Waals surface area contributed by atoms with Crippen LogP contribution >= 0.6 is 0 Å². The predicted octanol–water partition coefficient (Wildman–Crippen LogP) is 0.331. The van der Waals surface area contributed by atoms with Gasteiger partial charge in [-0.05, 0) is 44.5 Å². The Kier molecular flexibility index (Phi) is 3.99. The fourth-order valence-electron chi connectivity index (χ4n) is 2.98. The summed E-state index contributed by atoms with van der Waals surface area (Å²) in [6, 6.07) is 3.90. The minimum atomic E-state index is -3.74. The first-order chi connectivity index (χ1) is 10.8. The van der Waals surface area contributed by atoms with E-state index in [4.69, 9.17) is 0 Å². The van der Waals surface area contributed by atoms with E-state index in [-0.39, 0.29) is 28.1 Å². The Labute approximate surface area is 135 Å². The lowest BCUT2D eigenvalue weighted by Crippen LogP contribution is -2.51. The third-order valence-electron chi connectivity index (χ3n) is 4.44. The van der Waals surface area contributed by atoms with Crippen molar-refractivity contribution >= 4 is 21.8 Å². The van der Waals surface area contributed by atoms with E-state index in [2.05, 4.69) is 10.0 Å². The van der Waals surface area contributed by atoms with Crippen molar-refractivity contribution in [2.45, 2.75) is 36.7 Å². The molecule has 23 heavy (non-hydrogen) atoms. The number of rotatable bonds is 3. The molecule has 0 radical (unpaired) electrons. The van der Waals surface area contributed by atoms with Crippen molar-refractivity contribution in [1.29, 1.82) is 0 Å². The average Bonchev–Trinajstić information content (AvgIpc) is 2.74. The number of hydrogen-bond acceptors (Lipinski definition) is 5. The first-order valence-electron chi connectivity index (χ1n) is 7.53. The number of nitrogens with zero attached hydrogens (tertiary/aromatic N) is 1. The highest BCUT2D eigenvalue weighted by Crippen LogP contribution is 2.25. The van der Waals surface area contributed by atoms with Crippen molar-refractivity contribution in [1.82, 2.24) is 14.9 Å².